The van der Waals surface area contributed by atoms with Gasteiger partial charge in [0.25, 0.3) is 0 Å². The maximum Gasteiger partial charge on any atom is 0.220 e. The average Bonchev–Trinajstić information content (AvgIpc) is 2.77. The van der Waals surface area contributed by atoms with E-state index in [-0.39, 0.29) is 11.7 Å². The van der Waals surface area contributed by atoms with E-state index in [2.05, 4.69) is 31.2 Å². The molecule has 0 radical (unpaired) electrons. The van der Waals surface area contributed by atoms with Gasteiger partial charge in [-0.15, -0.1) is 0 Å². The van der Waals surface area contributed by atoms with Gasteiger partial charge in [0.1, 0.15) is 5.82 Å². The Morgan fingerprint density at radius 2 is 2.08 bits per heavy atom. The first-order valence-corrected chi connectivity index (χ1v) is 8.41. The fraction of sp³-hybridized carbons (Fsp3) is 0.474. The number of carbonyl (C=O) groups excluding carboxylic acids is 1. The fourth-order valence-electron chi connectivity index (χ4n) is 2.79. The highest BCUT2D eigenvalue weighted by Gasteiger charge is 2.13. The summed E-state index contributed by atoms with van der Waals surface area (Å²) in [5.74, 6) is 0.214. The molecule has 0 bridgehead atoms. The molecule has 0 aliphatic rings. The van der Waals surface area contributed by atoms with Crippen molar-refractivity contribution in [1.82, 2.24) is 15.1 Å². The van der Waals surface area contributed by atoms with E-state index in [1.165, 1.54) is 12.1 Å². The number of hydrogen-bond acceptors (Lipinski definition) is 2. The number of halogens is 1. The van der Waals surface area contributed by atoms with Crippen LogP contribution in [0.25, 0.3) is 0 Å². The van der Waals surface area contributed by atoms with Crippen LogP contribution >= 0.6 is 0 Å². The monoisotopic (exact) mass is 331 g/mol. The molecule has 24 heavy (non-hydrogen) atoms. The van der Waals surface area contributed by atoms with Crippen LogP contribution in [0.2, 0.25) is 0 Å². The Morgan fingerprint density at radius 3 is 2.75 bits per heavy atom. The van der Waals surface area contributed by atoms with Crippen molar-refractivity contribution in [3.8, 4) is 0 Å². The number of benzene rings is 1. The molecule has 0 spiro atoms. The average molecular weight is 331 g/mol. The van der Waals surface area contributed by atoms with Crippen molar-refractivity contribution in [2.45, 2.75) is 53.6 Å². The molecule has 0 saturated carbocycles. The van der Waals surface area contributed by atoms with Crippen LogP contribution < -0.4 is 5.32 Å². The van der Waals surface area contributed by atoms with Crippen LogP contribution in [0, 0.1) is 25.6 Å². The molecule has 5 heteroatoms. The molecule has 1 aromatic carbocycles. The molecule has 1 heterocycles. The Balaban J connectivity index is 1.88. The van der Waals surface area contributed by atoms with Crippen molar-refractivity contribution < 1.29 is 9.18 Å². The standard InChI is InChI=1S/C19H26FN3O/c1-13(2)12-23-15(4)18(14(3)22-23)8-9-19(24)21-11-16-6-5-7-17(20)10-16/h5-7,10,13H,8-9,11-12H2,1-4H3,(H,21,24). The maximum atomic E-state index is 13.1. The summed E-state index contributed by atoms with van der Waals surface area (Å²) in [4.78, 5) is 12.0. The maximum absolute atomic E-state index is 13.1. The van der Waals surface area contributed by atoms with Gasteiger partial charge in [-0.3, -0.25) is 9.48 Å². The summed E-state index contributed by atoms with van der Waals surface area (Å²) in [7, 11) is 0. The van der Waals surface area contributed by atoms with Gasteiger partial charge in [0.2, 0.25) is 5.91 Å². The molecule has 1 amide bonds. The Labute approximate surface area is 143 Å². The van der Waals surface area contributed by atoms with Gasteiger partial charge in [0.05, 0.1) is 5.69 Å². The third kappa shape index (κ3) is 4.91. The molecule has 0 aliphatic heterocycles. The largest absolute Gasteiger partial charge is 0.352 e. The number of aryl methyl sites for hydroxylation is 1. The summed E-state index contributed by atoms with van der Waals surface area (Å²) in [6.07, 6.45) is 1.08. The zero-order valence-electron chi connectivity index (χ0n) is 14.9. The molecular weight excluding hydrogens is 305 g/mol. The quantitative estimate of drug-likeness (QED) is 0.843. The summed E-state index contributed by atoms with van der Waals surface area (Å²) in [5.41, 5.74) is 4.04. The highest BCUT2D eigenvalue weighted by Crippen LogP contribution is 2.16. The summed E-state index contributed by atoms with van der Waals surface area (Å²) >= 11 is 0. The summed E-state index contributed by atoms with van der Waals surface area (Å²) in [6, 6.07) is 6.27. The second-order valence-corrected chi connectivity index (χ2v) is 6.63. The zero-order chi connectivity index (χ0) is 17.7. The summed E-state index contributed by atoms with van der Waals surface area (Å²) < 4.78 is 15.1. The van der Waals surface area contributed by atoms with Gasteiger partial charge >= 0.3 is 0 Å². The Bertz CT molecular complexity index is 707. The van der Waals surface area contributed by atoms with Crippen LogP contribution in [-0.4, -0.2) is 15.7 Å². The minimum Gasteiger partial charge on any atom is -0.352 e. The number of rotatable bonds is 7. The van der Waals surface area contributed by atoms with Crippen molar-refractivity contribution >= 4 is 5.91 Å². The van der Waals surface area contributed by atoms with E-state index in [1.54, 1.807) is 12.1 Å². The molecule has 1 N–H and O–H groups in total. The van der Waals surface area contributed by atoms with Crippen LogP contribution in [0.5, 0.6) is 0 Å². The minimum atomic E-state index is -0.287. The van der Waals surface area contributed by atoms with Gasteiger partial charge in [-0.25, -0.2) is 4.39 Å². The van der Waals surface area contributed by atoms with Crippen molar-refractivity contribution in [1.29, 1.82) is 0 Å². The molecule has 0 atom stereocenters. The van der Waals surface area contributed by atoms with Crippen LogP contribution in [0.1, 0.15) is 42.8 Å². The molecule has 0 unspecified atom stereocenters. The molecule has 0 aliphatic carbocycles. The van der Waals surface area contributed by atoms with Gasteiger partial charge in [-0.2, -0.15) is 5.10 Å². The normalized spacial score (nSPS) is 11.1. The minimum absolute atomic E-state index is 0.0327. The molecule has 1 aromatic heterocycles. The van der Waals surface area contributed by atoms with E-state index in [4.69, 9.17) is 0 Å². The van der Waals surface area contributed by atoms with Crippen molar-refractivity contribution in [2.75, 3.05) is 0 Å². The predicted molar refractivity (Wildman–Crippen MR) is 93.1 cm³/mol. The van der Waals surface area contributed by atoms with E-state index in [0.29, 0.717) is 25.3 Å². The first-order chi connectivity index (χ1) is 11.4. The SMILES string of the molecule is Cc1nn(CC(C)C)c(C)c1CCC(=O)NCc1cccc(F)c1. The highest BCUT2D eigenvalue weighted by atomic mass is 19.1. The van der Waals surface area contributed by atoms with E-state index >= 15 is 0 Å². The molecule has 0 saturated heterocycles. The first-order valence-electron chi connectivity index (χ1n) is 8.41. The number of nitrogens with zero attached hydrogens (tertiary/aromatic N) is 2. The van der Waals surface area contributed by atoms with Gasteiger partial charge < -0.3 is 5.32 Å². The smallest absolute Gasteiger partial charge is 0.220 e. The first kappa shape index (κ1) is 18.2. The van der Waals surface area contributed by atoms with Crippen molar-refractivity contribution in [3.05, 3.63) is 52.6 Å². The van der Waals surface area contributed by atoms with Crippen LogP contribution in [0.3, 0.4) is 0 Å². The lowest BCUT2D eigenvalue weighted by Gasteiger charge is -2.08. The number of carbonyl (C=O) groups is 1. The zero-order valence-corrected chi connectivity index (χ0v) is 14.9. The molecule has 2 aromatic rings. The number of aromatic nitrogens is 2. The van der Waals surface area contributed by atoms with Gasteiger partial charge in [-0.1, -0.05) is 26.0 Å². The molecular formula is C19H26FN3O. The molecule has 2 rings (SSSR count). The number of hydrogen-bond donors (Lipinski definition) is 1. The molecule has 130 valence electrons. The third-order valence-electron chi connectivity index (χ3n) is 4.05. The van der Waals surface area contributed by atoms with Crippen LogP contribution in [-0.2, 0) is 24.3 Å². The third-order valence-corrected chi connectivity index (χ3v) is 4.05. The van der Waals surface area contributed by atoms with Gasteiger partial charge in [-0.05, 0) is 49.4 Å². The Hall–Kier alpha value is -2.17. The Kier molecular flexibility index (Phi) is 6.12. The van der Waals surface area contributed by atoms with E-state index < -0.39 is 0 Å². The predicted octanol–water partition coefficient (Wildman–Crippen LogP) is 3.54. The number of nitrogens with one attached hydrogen (secondary N) is 1. The molecule has 4 nitrogen and oxygen atoms in total. The lowest BCUT2D eigenvalue weighted by atomic mass is 10.1. The lowest BCUT2D eigenvalue weighted by Crippen LogP contribution is -2.23. The van der Waals surface area contributed by atoms with E-state index in [9.17, 15) is 9.18 Å². The second-order valence-electron chi connectivity index (χ2n) is 6.63. The molecule has 0 fully saturated rings. The van der Waals surface area contributed by atoms with E-state index in [1.807, 2.05) is 11.6 Å². The summed E-state index contributed by atoms with van der Waals surface area (Å²) in [5, 5.41) is 7.42. The van der Waals surface area contributed by atoms with Gasteiger partial charge in [0.15, 0.2) is 0 Å². The van der Waals surface area contributed by atoms with Crippen molar-refractivity contribution in [2.24, 2.45) is 5.92 Å². The van der Waals surface area contributed by atoms with E-state index in [0.717, 1.165) is 29.1 Å². The lowest BCUT2D eigenvalue weighted by molar-refractivity contribution is -0.121. The number of amides is 1. The second kappa shape index (κ2) is 8.08. The fourth-order valence-corrected chi connectivity index (χ4v) is 2.79. The highest BCUT2D eigenvalue weighted by molar-refractivity contribution is 5.76. The Morgan fingerprint density at radius 1 is 1.33 bits per heavy atom. The summed E-state index contributed by atoms with van der Waals surface area (Å²) in [6.45, 7) is 9.61. The van der Waals surface area contributed by atoms with Crippen molar-refractivity contribution in [3.63, 3.8) is 0 Å². The van der Waals surface area contributed by atoms with Gasteiger partial charge in [0, 0.05) is 25.2 Å². The topological polar surface area (TPSA) is 46.9 Å². The van der Waals surface area contributed by atoms with Crippen LogP contribution in [0.4, 0.5) is 4.39 Å². The van der Waals surface area contributed by atoms with Crippen LogP contribution in [0.15, 0.2) is 24.3 Å².